The second kappa shape index (κ2) is 5.51. The van der Waals surface area contributed by atoms with Crippen LogP contribution in [0.15, 0.2) is 46.9 Å². The fraction of sp³-hybridized carbons (Fsp3) is 0.176. The standard InChI is InChI=1S/C17H15ClFNO/c1-10-2-5-16-12(6-10)9-17(21-16)15(20)8-11-7-13(18)3-4-14(11)19/h2-7,9,15H,8,20H2,1H3. The number of nitrogens with two attached hydrogens (primary N) is 1. The van der Waals surface area contributed by atoms with Crippen molar-refractivity contribution in [2.75, 3.05) is 0 Å². The first-order chi connectivity index (χ1) is 10.0. The molecule has 0 saturated carbocycles. The van der Waals surface area contributed by atoms with Gasteiger partial charge < -0.3 is 10.2 Å². The van der Waals surface area contributed by atoms with E-state index < -0.39 is 6.04 Å². The molecule has 0 aliphatic heterocycles. The number of aryl methyl sites for hydroxylation is 1. The quantitative estimate of drug-likeness (QED) is 0.756. The van der Waals surface area contributed by atoms with Crippen LogP contribution in [0.3, 0.4) is 0 Å². The minimum absolute atomic E-state index is 0.304. The van der Waals surface area contributed by atoms with Gasteiger partial charge in [-0.3, -0.25) is 0 Å². The Bertz CT molecular complexity index is 797. The van der Waals surface area contributed by atoms with Crippen molar-refractivity contribution < 1.29 is 8.81 Å². The predicted molar refractivity (Wildman–Crippen MR) is 83.0 cm³/mol. The van der Waals surface area contributed by atoms with E-state index in [1.165, 1.54) is 12.1 Å². The Morgan fingerprint density at radius 1 is 1.19 bits per heavy atom. The summed E-state index contributed by atoms with van der Waals surface area (Å²) in [7, 11) is 0. The van der Waals surface area contributed by atoms with E-state index >= 15 is 0 Å². The molecule has 0 fully saturated rings. The van der Waals surface area contributed by atoms with Gasteiger partial charge in [0, 0.05) is 10.4 Å². The van der Waals surface area contributed by atoms with E-state index in [1.807, 2.05) is 31.2 Å². The molecular weight excluding hydrogens is 289 g/mol. The van der Waals surface area contributed by atoms with E-state index in [4.69, 9.17) is 21.8 Å². The number of fused-ring (bicyclic) bond motifs is 1. The summed E-state index contributed by atoms with van der Waals surface area (Å²) in [5.41, 5.74) is 8.58. The van der Waals surface area contributed by atoms with Gasteiger partial charge in [-0.1, -0.05) is 23.2 Å². The van der Waals surface area contributed by atoms with Gasteiger partial charge in [0.25, 0.3) is 0 Å². The van der Waals surface area contributed by atoms with Crippen molar-refractivity contribution in [3.8, 4) is 0 Å². The summed E-state index contributed by atoms with van der Waals surface area (Å²) >= 11 is 5.90. The molecule has 108 valence electrons. The van der Waals surface area contributed by atoms with Crippen LogP contribution in [0.1, 0.15) is 22.9 Å². The fourth-order valence-corrected chi connectivity index (χ4v) is 2.60. The topological polar surface area (TPSA) is 39.2 Å². The molecule has 1 aromatic heterocycles. The van der Waals surface area contributed by atoms with E-state index in [9.17, 15) is 4.39 Å². The van der Waals surface area contributed by atoms with Crippen LogP contribution in [-0.2, 0) is 6.42 Å². The third kappa shape index (κ3) is 2.94. The summed E-state index contributed by atoms with van der Waals surface area (Å²) in [5, 5.41) is 1.51. The minimum atomic E-state index is -0.411. The number of halogens is 2. The van der Waals surface area contributed by atoms with E-state index in [2.05, 4.69) is 0 Å². The third-order valence-corrected chi connectivity index (χ3v) is 3.74. The number of rotatable bonds is 3. The lowest BCUT2D eigenvalue weighted by Gasteiger charge is -2.09. The van der Waals surface area contributed by atoms with Crippen LogP contribution in [0, 0.1) is 12.7 Å². The van der Waals surface area contributed by atoms with Crippen molar-refractivity contribution >= 4 is 22.6 Å². The number of benzene rings is 2. The molecule has 2 aromatic carbocycles. The van der Waals surface area contributed by atoms with Crippen molar-refractivity contribution in [2.45, 2.75) is 19.4 Å². The maximum atomic E-state index is 13.8. The van der Waals surface area contributed by atoms with Gasteiger partial charge in [0.2, 0.25) is 0 Å². The summed E-state index contributed by atoms with van der Waals surface area (Å²) in [5.74, 6) is 0.344. The zero-order chi connectivity index (χ0) is 15.0. The van der Waals surface area contributed by atoms with Crippen molar-refractivity contribution in [3.63, 3.8) is 0 Å². The Labute approximate surface area is 127 Å². The fourth-order valence-electron chi connectivity index (χ4n) is 2.40. The van der Waals surface area contributed by atoms with Gasteiger partial charge in [0.05, 0.1) is 6.04 Å². The Morgan fingerprint density at radius 3 is 2.81 bits per heavy atom. The molecule has 1 atom stereocenters. The zero-order valence-electron chi connectivity index (χ0n) is 11.6. The second-order valence-electron chi connectivity index (χ2n) is 5.24. The molecule has 1 unspecified atom stereocenters. The van der Waals surface area contributed by atoms with E-state index in [1.54, 1.807) is 6.07 Å². The molecule has 2 nitrogen and oxygen atoms in total. The monoisotopic (exact) mass is 303 g/mol. The first-order valence-corrected chi connectivity index (χ1v) is 7.10. The molecule has 1 heterocycles. The van der Waals surface area contributed by atoms with Gasteiger partial charge in [0.1, 0.15) is 17.2 Å². The molecule has 0 aliphatic rings. The molecule has 21 heavy (non-hydrogen) atoms. The molecule has 2 N–H and O–H groups in total. The molecule has 0 amide bonds. The summed E-state index contributed by atoms with van der Waals surface area (Å²) in [6.45, 7) is 2.02. The van der Waals surface area contributed by atoms with Gasteiger partial charge >= 0.3 is 0 Å². The lowest BCUT2D eigenvalue weighted by Crippen LogP contribution is -2.13. The molecule has 0 saturated heterocycles. The first-order valence-electron chi connectivity index (χ1n) is 6.72. The largest absolute Gasteiger partial charge is 0.459 e. The van der Waals surface area contributed by atoms with Gasteiger partial charge in [-0.05, 0) is 55.3 Å². The molecule has 0 spiro atoms. The van der Waals surface area contributed by atoms with Gasteiger partial charge in [-0.15, -0.1) is 0 Å². The summed E-state index contributed by atoms with van der Waals surface area (Å²) in [4.78, 5) is 0. The van der Waals surface area contributed by atoms with Gasteiger partial charge in [0.15, 0.2) is 0 Å². The van der Waals surface area contributed by atoms with Crippen molar-refractivity contribution in [2.24, 2.45) is 5.73 Å². The minimum Gasteiger partial charge on any atom is -0.459 e. The highest BCUT2D eigenvalue weighted by Crippen LogP contribution is 2.27. The van der Waals surface area contributed by atoms with Gasteiger partial charge in [-0.25, -0.2) is 4.39 Å². The molecule has 0 radical (unpaired) electrons. The predicted octanol–water partition coefficient (Wildman–Crippen LogP) is 4.78. The molecule has 4 heteroatoms. The van der Waals surface area contributed by atoms with E-state index in [0.717, 1.165) is 16.5 Å². The number of hydrogen-bond acceptors (Lipinski definition) is 2. The Morgan fingerprint density at radius 2 is 2.00 bits per heavy atom. The lowest BCUT2D eigenvalue weighted by molar-refractivity contribution is 0.487. The highest BCUT2D eigenvalue weighted by Gasteiger charge is 2.15. The van der Waals surface area contributed by atoms with Crippen LogP contribution in [0.5, 0.6) is 0 Å². The second-order valence-corrected chi connectivity index (χ2v) is 5.67. The average molecular weight is 304 g/mol. The summed E-state index contributed by atoms with van der Waals surface area (Å²) in [6.07, 6.45) is 0.338. The molecular formula is C17H15ClFNO. The maximum Gasteiger partial charge on any atom is 0.134 e. The van der Waals surface area contributed by atoms with Crippen LogP contribution in [-0.4, -0.2) is 0 Å². The smallest absolute Gasteiger partial charge is 0.134 e. The first kappa shape index (κ1) is 14.1. The molecule has 3 rings (SSSR count). The van der Waals surface area contributed by atoms with Crippen molar-refractivity contribution in [1.82, 2.24) is 0 Å². The Hall–Kier alpha value is -1.84. The molecule has 0 bridgehead atoms. The highest BCUT2D eigenvalue weighted by atomic mass is 35.5. The van der Waals surface area contributed by atoms with Crippen molar-refractivity contribution in [1.29, 1.82) is 0 Å². The van der Waals surface area contributed by atoms with Crippen molar-refractivity contribution in [3.05, 3.63) is 70.2 Å². The van der Waals surface area contributed by atoms with Crippen LogP contribution >= 0.6 is 11.6 Å². The van der Waals surface area contributed by atoms with Crippen LogP contribution < -0.4 is 5.73 Å². The maximum absolute atomic E-state index is 13.8. The van der Waals surface area contributed by atoms with Gasteiger partial charge in [-0.2, -0.15) is 0 Å². The third-order valence-electron chi connectivity index (χ3n) is 3.50. The van der Waals surface area contributed by atoms with E-state index in [-0.39, 0.29) is 5.82 Å². The molecule has 0 aliphatic carbocycles. The van der Waals surface area contributed by atoms with Crippen LogP contribution in [0.2, 0.25) is 5.02 Å². The highest BCUT2D eigenvalue weighted by molar-refractivity contribution is 6.30. The van der Waals surface area contributed by atoms with Crippen LogP contribution in [0.4, 0.5) is 4.39 Å². The normalized spacial score (nSPS) is 12.8. The SMILES string of the molecule is Cc1ccc2oc(C(N)Cc3cc(Cl)ccc3F)cc2c1. The summed E-state index contributed by atoms with van der Waals surface area (Å²) in [6, 6.07) is 11.9. The summed E-state index contributed by atoms with van der Waals surface area (Å²) < 4.78 is 19.5. The van der Waals surface area contributed by atoms with E-state index in [0.29, 0.717) is 22.8 Å². The Balaban J connectivity index is 1.89. The zero-order valence-corrected chi connectivity index (χ0v) is 12.3. The Kier molecular flexibility index (Phi) is 3.70. The number of hydrogen-bond donors (Lipinski definition) is 1. The number of furan rings is 1. The average Bonchev–Trinajstić information content (AvgIpc) is 2.86. The lowest BCUT2D eigenvalue weighted by atomic mass is 10.0. The molecule has 3 aromatic rings. The van der Waals surface area contributed by atoms with Crippen LogP contribution in [0.25, 0.3) is 11.0 Å².